The number of aliphatic hydroxyl groups excluding tert-OH is 2. The van der Waals surface area contributed by atoms with Gasteiger partial charge in [-0.25, -0.2) is 23.9 Å². The number of carbonyl (C=O) groups excluding carboxylic acids is 1. The number of rotatable bonds is 21. The molecule has 1 aromatic carbocycles. The first-order valence-electron chi connectivity index (χ1n) is 33.2. The number of pyridine rings is 4. The Hall–Kier alpha value is -8.42. The zero-order valence-corrected chi connectivity index (χ0v) is 63.1. The molecule has 7 aromatic heterocycles. The maximum absolute atomic E-state index is 12.3. The largest absolute Gasteiger partial charge is 0.515 e. The fourth-order valence-corrected chi connectivity index (χ4v) is 14.4. The van der Waals surface area contributed by atoms with Crippen LogP contribution in [0.25, 0.3) is 52.5 Å². The van der Waals surface area contributed by atoms with Crippen LogP contribution in [0.1, 0.15) is 101 Å². The first-order valence-corrected chi connectivity index (χ1v) is 43.1. The number of hydrogen-bond donors (Lipinski definition) is 5. The van der Waals surface area contributed by atoms with Gasteiger partial charge < -0.3 is 49.8 Å². The molecule has 6 N–H and O–H groups in total. The number of benzene rings is 1. The van der Waals surface area contributed by atoms with Crippen molar-refractivity contribution >= 4 is 122 Å². The van der Waals surface area contributed by atoms with Gasteiger partial charge in [0.15, 0.2) is 11.5 Å². The van der Waals surface area contributed by atoms with Crippen LogP contribution in [0.15, 0.2) is 79.6 Å². The van der Waals surface area contributed by atoms with Crippen molar-refractivity contribution in [3.8, 4) is 28.7 Å². The molecule has 0 aliphatic carbocycles. The summed E-state index contributed by atoms with van der Waals surface area (Å²) in [6.45, 7) is 50.6. The first kappa shape index (κ1) is 77.9. The maximum atomic E-state index is 12.3. The fourth-order valence-electron chi connectivity index (χ4n) is 11.2. The number of nitrogen functional groups attached to an aromatic ring is 1. The van der Waals surface area contributed by atoms with Crippen LogP contribution in [0.2, 0.25) is 39.3 Å². The van der Waals surface area contributed by atoms with Gasteiger partial charge in [-0.2, -0.15) is 13.2 Å². The van der Waals surface area contributed by atoms with E-state index < -0.39 is 38.1 Å². The topological polar surface area (TPSA) is 264 Å². The first-order chi connectivity index (χ1) is 47.2. The molecule has 10 heterocycles. The molecule has 23 nitrogen and oxygen atoms in total. The third-order valence-corrected chi connectivity index (χ3v) is 20.4. The quantitative estimate of drug-likeness (QED) is 0.00852. The smallest absolute Gasteiger partial charge is 0.490 e. The van der Waals surface area contributed by atoms with E-state index in [0.29, 0.717) is 73.3 Å². The number of likely N-dealkylation sites (tertiary alicyclic amines) is 1. The third-order valence-electron chi connectivity index (χ3n) is 16.1. The predicted octanol–water partition coefficient (Wildman–Crippen LogP) is 14.0. The molecule has 1 saturated heterocycles. The van der Waals surface area contributed by atoms with Gasteiger partial charge in [-0.15, -0.1) is 16.0 Å². The van der Waals surface area contributed by atoms with Crippen molar-refractivity contribution in [1.82, 2.24) is 34.4 Å². The van der Waals surface area contributed by atoms with Crippen LogP contribution in [0.3, 0.4) is 0 Å². The lowest BCUT2D eigenvalue weighted by molar-refractivity contribution is -0.779. The van der Waals surface area contributed by atoms with E-state index >= 15 is 0 Å². The lowest BCUT2D eigenvalue weighted by Gasteiger charge is -2.32. The normalized spacial score (nSPS) is 14.0. The summed E-state index contributed by atoms with van der Waals surface area (Å²) < 4.78 is 53.7. The van der Waals surface area contributed by atoms with Crippen molar-refractivity contribution in [2.75, 3.05) is 64.7 Å². The highest BCUT2D eigenvalue weighted by atomic mass is 127. The van der Waals surface area contributed by atoms with Crippen LogP contribution in [0.5, 0.6) is 17.2 Å². The Balaban J connectivity index is 0.000000185. The van der Waals surface area contributed by atoms with Gasteiger partial charge in [-0.05, 0) is 160 Å². The van der Waals surface area contributed by atoms with E-state index in [1.807, 2.05) is 59.1 Å². The van der Waals surface area contributed by atoms with Gasteiger partial charge in [0.1, 0.15) is 62.6 Å². The van der Waals surface area contributed by atoms with Crippen LogP contribution in [-0.4, -0.2) is 140 Å². The molecular formula is C72H91IN13O10SSi2+. The number of anilines is 1. The van der Waals surface area contributed by atoms with Gasteiger partial charge in [-0.3, -0.25) is 19.1 Å². The summed E-state index contributed by atoms with van der Waals surface area (Å²) in [7, 11) is -6.06. The second-order valence-electron chi connectivity index (χ2n) is 26.7. The molecule has 8 aromatic rings. The number of aromatic amines is 2. The van der Waals surface area contributed by atoms with E-state index in [1.54, 1.807) is 55.3 Å². The monoisotopic (exact) mass is 1510 g/mol. The molecule has 0 bridgehead atoms. The molecular weight excluding hydrogens is 1420 g/mol. The minimum atomic E-state index is -3.43. The van der Waals surface area contributed by atoms with Gasteiger partial charge in [0, 0.05) is 103 Å². The number of nitrogens with two attached hydrogens (primary N) is 1. The van der Waals surface area contributed by atoms with Crippen molar-refractivity contribution in [1.29, 1.82) is 0 Å². The SMILES string of the molecule is C[Si](C)(C)C#CCCCCO.[C-]#[N+]c1cc2c(CCCCOS(C)(=O)=O)cn3c2[n+](c1)C(C)(C)OC3=O.[C-]#[N+]c1cnc(N)c(I)c1.[C-]#[N+]c1cnc2[nH]c([Si](C)(C)C)c(CCCCO)c2c1.[C-]#[N+]c1cnc2[nH]cc(CCCCN3CCC(Oc4ccc5c(c4)OCCO5)CC3)c2c1. The Kier molecular flexibility index (Phi) is 28.8. The Morgan fingerprint density at radius 3 is 2.02 bits per heavy atom. The second kappa shape index (κ2) is 36.6. The number of hydrogen-bond acceptors (Lipinski definition) is 15. The van der Waals surface area contributed by atoms with Crippen LogP contribution in [0, 0.1) is 41.3 Å². The zero-order chi connectivity index (χ0) is 71.9. The molecule has 27 heteroatoms. The lowest BCUT2D eigenvalue weighted by atomic mass is 10.1. The molecule has 11 rings (SSSR count). The average Bonchev–Trinajstić information content (AvgIpc) is 1.68. The van der Waals surface area contributed by atoms with Gasteiger partial charge in [0.05, 0.1) is 52.6 Å². The van der Waals surface area contributed by atoms with Crippen molar-refractivity contribution < 1.29 is 51.1 Å². The summed E-state index contributed by atoms with van der Waals surface area (Å²) in [4.78, 5) is 47.7. The van der Waals surface area contributed by atoms with Crippen LogP contribution >= 0.6 is 22.6 Å². The molecule has 0 spiro atoms. The number of unbranched alkanes of at least 4 members (excludes halogenated alkanes) is 5. The average molecular weight is 1510 g/mol. The highest BCUT2D eigenvalue weighted by Gasteiger charge is 2.42. The summed E-state index contributed by atoms with van der Waals surface area (Å²) in [5.41, 5.74) is 15.9. The summed E-state index contributed by atoms with van der Waals surface area (Å²) in [6, 6.07) is 13.2. The van der Waals surface area contributed by atoms with E-state index in [-0.39, 0.29) is 19.3 Å². The van der Waals surface area contributed by atoms with Crippen molar-refractivity contribution in [2.24, 2.45) is 0 Å². The molecule has 0 radical (unpaired) electrons. The fraction of sp³-hybridized carbons (Fsp3) is 0.458. The highest BCUT2D eigenvalue weighted by Crippen LogP contribution is 2.36. The number of aryl methyl sites for hydroxylation is 3. The van der Waals surface area contributed by atoms with E-state index in [1.165, 1.54) is 27.2 Å². The summed E-state index contributed by atoms with van der Waals surface area (Å²) in [5.74, 6) is 6.08. The van der Waals surface area contributed by atoms with Gasteiger partial charge >= 0.3 is 6.09 Å². The van der Waals surface area contributed by atoms with Gasteiger partial charge in [0.25, 0.3) is 21.5 Å². The third kappa shape index (κ3) is 23.3. The number of cyclic esters (lactones) is 1. The van der Waals surface area contributed by atoms with Crippen molar-refractivity contribution in [2.45, 2.75) is 155 Å². The molecule has 0 amide bonds. The van der Waals surface area contributed by atoms with E-state index in [4.69, 9.17) is 65.4 Å². The molecule has 524 valence electrons. The molecule has 0 unspecified atom stereocenters. The molecule has 99 heavy (non-hydrogen) atoms. The number of H-pyrrole nitrogens is 2. The minimum Gasteiger partial charge on any atom is -0.490 e. The number of ether oxygens (including phenoxy) is 4. The summed E-state index contributed by atoms with van der Waals surface area (Å²) in [5, 5.41) is 21.8. The number of halogens is 1. The maximum Gasteiger partial charge on any atom is 0.515 e. The highest BCUT2D eigenvalue weighted by molar-refractivity contribution is 14.1. The van der Waals surface area contributed by atoms with Crippen molar-refractivity contribution in [3.05, 3.63) is 146 Å². The van der Waals surface area contributed by atoms with Gasteiger partial charge in [0.2, 0.25) is 22.7 Å². The molecule has 1 fully saturated rings. The number of fused-ring (bicyclic) bond motifs is 3. The Bertz CT molecular complexity index is 4440. The van der Waals surface area contributed by atoms with Crippen LogP contribution in [-0.2, 0) is 44.0 Å². The van der Waals surface area contributed by atoms with E-state index in [0.717, 1.165) is 150 Å². The van der Waals surface area contributed by atoms with E-state index in [9.17, 15) is 13.2 Å². The number of piperidine rings is 1. The second-order valence-corrected chi connectivity index (χ2v) is 39.2. The van der Waals surface area contributed by atoms with Gasteiger partial charge in [-0.1, -0.05) is 39.3 Å². The minimum absolute atomic E-state index is 0.125. The number of aromatic nitrogens is 7. The number of nitrogens with one attached hydrogen (secondary N) is 2. The van der Waals surface area contributed by atoms with Crippen LogP contribution < -0.4 is 29.8 Å². The Morgan fingerprint density at radius 1 is 0.768 bits per heavy atom. The Morgan fingerprint density at radius 2 is 1.37 bits per heavy atom. The molecule has 0 atom stereocenters. The zero-order valence-electron chi connectivity index (χ0n) is 58.1. The molecule has 3 aliphatic rings. The number of carbonyl (C=O) groups is 1. The summed E-state index contributed by atoms with van der Waals surface area (Å²) >= 11 is 2.04. The number of aliphatic hydroxyl groups is 2. The molecule has 3 aliphatic heterocycles. The van der Waals surface area contributed by atoms with Crippen LogP contribution in [0.4, 0.5) is 33.4 Å². The molecule has 0 saturated carbocycles. The Labute approximate surface area is 597 Å². The lowest BCUT2D eigenvalue weighted by Crippen LogP contribution is -2.59. The van der Waals surface area contributed by atoms with E-state index in [2.05, 4.69) is 99.9 Å². The predicted molar refractivity (Wildman–Crippen MR) is 401 cm³/mol. The standard InChI is InChI=1S/C25H28N4O3.C17H20N3O5S.C15H21N3OSi.C9H18OSi.C6H4IN3/c1-26-19-14-22-18(16-27-25(22)28-17-19)4-2-3-9-29-10-7-20(8-11-29)32-21-5-6-23-24(15-21)31-13-12-30-23;1-17(2)20-11-13(18-3)9-14-12(7-5-6-8-24-26(4,22)23)10-19(15(14)20)16(21)25-17;1-16-11-9-13-12(7-5-6-8-19)15(20(2,3)4)18-14(13)17-10-11;1-11(2,3)9-7-5-4-6-8-10;1-9-4-2-5(7)6(8)10-3-4/h5-6,14-17,20H,2-4,7-13H2,(H,27,28);9-11H,5-8H2,1-2,4H3;9-10,19H,5-8H2,2-4H3,(H,17,18);10H,4-6,8H2,1-3H3;2-3H,(H2,8,10)/q;+1;;;. The summed E-state index contributed by atoms with van der Waals surface area (Å²) in [6.07, 6.45) is 23.8. The number of nitrogens with zero attached hydrogens (tertiary/aromatic N) is 10. The van der Waals surface area contributed by atoms with Crippen molar-refractivity contribution in [3.63, 3.8) is 0 Å².